The number of amides is 3. The lowest BCUT2D eigenvalue weighted by molar-refractivity contribution is -0.000511. The molecule has 0 aliphatic carbocycles. The molecular weight excluding hydrogens is 641 g/mol. The normalized spacial score (nSPS) is 19.4. The predicted molar refractivity (Wildman–Crippen MR) is 188 cm³/mol. The number of nitrogens with zero attached hydrogens (tertiary/aromatic N) is 4. The predicted octanol–water partition coefficient (Wildman–Crippen LogP) is 5.10. The fourth-order valence-corrected chi connectivity index (χ4v) is 8.37. The van der Waals surface area contributed by atoms with Crippen molar-refractivity contribution in [2.24, 2.45) is 5.41 Å². The molecule has 2 N–H and O–H groups in total. The van der Waals surface area contributed by atoms with E-state index < -0.39 is 0 Å². The first-order chi connectivity index (χ1) is 23.9. The minimum atomic E-state index is -0.235. The van der Waals surface area contributed by atoms with Gasteiger partial charge in [0.05, 0.1) is 33.7 Å². The molecule has 7 heterocycles. The Morgan fingerprint density at radius 3 is 2.57 bits per heavy atom. The Morgan fingerprint density at radius 2 is 1.80 bits per heavy atom. The molecule has 0 radical (unpaired) electrons. The molecule has 4 aromatic rings. The molecule has 3 saturated heterocycles. The van der Waals surface area contributed by atoms with Crippen LogP contribution in [0.2, 0.25) is 0 Å². The van der Waals surface area contributed by atoms with E-state index in [1.54, 1.807) is 41.6 Å². The number of ether oxygens (including phenoxy) is 2. The average molecular weight is 679 g/mol. The highest BCUT2D eigenvalue weighted by atomic mass is 32.1. The Kier molecular flexibility index (Phi) is 8.38. The van der Waals surface area contributed by atoms with E-state index in [0.29, 0.717) is 65.1 Å². The van der Waals surface area contributed by atoms with Crippen LogP contribution in [0.15, 0.2) is 60.9 Å². The summed E-state index contributed by atoms with van der Waals surface area (Å²) in [5.41, 5.74) is 5.18. The Balaban J connectivity index is 0.968. The highest BCUT2D eigenvalue weighted by Gasteiger charge is 2.45. The number of nitrogens with one attached hydrogen (secondary N) is 2. The van der Waals surface area contributed by atoms with Gasteiger partial charge in [0.1, 0.15) is 11.5 Å². The van der Waals surface area contributed by atoms with Crippen molar-refractivity contribution in [3.05, 3.63) is 88.1 Å². The molecule has 1 aromatic carbocycles. The molecule has 11 nitrogen and oxygen atoms in total. The van der Waals surface area contributed by atoms with Crippen molar-refractivity contribution >= 4 is 46.3 Å². The second kappa shape index (κ2) is 13.0. The van der Waals surface area contributed by atoms with E-state index >= 15 is 0 Å². The largest absolute Gasteiger partial charge is 0.381 e. The number of hydrogen-bond donors (Lipinski definition) is 2. The smallest absolute Gasteiger partial charge is 0.261 e. The molecule has 0 saturated carbocycles. The quantitative estimate of drug-likeness (QED) is 0.289. The van der Waals surface area contributed by atoms with Crippen molar-refractivity contribution < 1.29 is 23.9 Å². The molecule has 3 amide bonds. The maximum Gasteiger partial charge on any atom is 0.261 e. The molecule has 4 aliphatic heterocycles. The summed E-state index contributed by atoms with van der Waals surface area (Å²) in [6.45, 7) is 6.88. The maximum atomic E-state index is 14.0. The van der Waals surface area contributed by atoms with Crippen LogP contribution in [0.25, 0.3) is 10.6 Å². The summed E-state index contributed by atoms with van der Waals surface area (Å²) < 4.78 is 11.0. The minimum absolute atomic E-state index is 0.0279. The molecule has 0 bridgehead atoms. The number of aryl methyl sites for hydroxylation is 1. The second-order valence-electron chi connectivity index (χ2n) is 13.5. The summed E-state index contributed by atoms with van der Waals surface area (Å²) in [5, 5.41) is 6.09. The molecule has 4 aliphatic rings. The zero-order chi connectivity index (χ0) is 33.5. The third kappa shape index (κ3) is 6.20. The number of carbonyl (C=O) groups is 3. The number of thiophene rings is 1. The Labute approximate surface area is 288 Å². The molecule has 49 heavy (non-hydrogen) atoms. The molecule has 252 valence electrons. The van der Waals surface area contributed by atoms with E-state index in [-0.39, 0.29) is 29.2 Å². The fourth-order valence-electron chi connectivity index (χ4n) is 7.25. The Morgan fingerprint density at radius 1 is 0.980 bits per heavy atom. The van der Waals surface area contributed by atoms with Gasteiger partial charge in [0.15, 0.2) is 0 Å². The summed E-state index contributed by atoms with van der Waals surface area (Å²) in [5.74, 6) is 0.197. The van der Waals surface area contributed by atoms with Gasteiger partial charge in [0.25, 0.3) is 17.7 Å². The van der Waals surface area contributed by atoms with Gasteiger partial charge in [-0.3, -0.25) is 19.4 Å². The van der Waals surface area contributed by atoms with Crippen molar-refractivity contribution in [3.8, 4) is 10.6 Å². The standard InChI is InChI=1S/C37H38N6O5S/c1-23-17-28(33(39-19-23)42-21-37(22-42)10-15-47-16-11-37)34(44)40-26-6-4-24(5-7-26)36(46)43-13-8-25-18-30(35(45)41-27-9-14-48-20-27)49-32(25)31-29(43)3-2-12-38-31/h2-7,12,17-19,27H,8-11,13-16,20-22H2,1H3,(H,40,44)(H,41,45)/t27-/m1/s1. The van der Waals surface area contributed by atoms with Gasteiger partial charge in [-0.25, -0.2) is 4.98 Å². The van der Waals surface area contributed by atoms with Gasteiger partial charge in [0, 0.05) is 68.5 Å². The van der Waals surface area contributed by atoms with Crippen LogP contribution in [0, 0.1) is 12.3 Å². The highest BCUT2D eigenvalue weighted by molar-refractivity contribution is 7.17. The molecule has 0 unspecified atom stereocenters. The first-order valence-corrected chi connectivity index (χ1v) is 17.7. The van der Waals surface area contributed by atoms with Gasteiger partial charge in [0.2, 0.25) is 0 Å². The number of benzene rings is 1. The molecule has 8 rings (SSSR count). The van der Waals surface area contributed by atoms with Gasteiger partial charge in [-0.15, -0.1) is 11.3 Å². The molecule has 1 atom stereocenters. The lowest BCUT2D eigenvalue weighted by Crippen LogP contribution is -2.59. The van der Waals surface area contributed by atoms with E-state index in [0.717, 1.165) is 61.6 Å². The summed E-state index contributed by atoms with van der Waals surface area (Å²) in [4.78, 5) is 55.3. The van der Waals surface area contributed by atoms with Crippen LogP contribution >= 0.6 is 11.3 Å². The number of anilines is 3. The molecule has 3 aromatic heterocycles. The summed E-state index contributed by atoms with van der Waals surface area (Å²) in [7, 11) is 0. The Hall–Kier alpha value is -4.65. The van der Waals surface area contributed by atoms with Gasteiger partial charge in [-0.1, -0.05) is 0 Å². The molecule has 3 fully saturated rings. The van der Waals surface area contributed by atoms with Crippen molar-refractivity contribution in [2.45, 2.75) is 38.6 Å². The zero-order valence-corrected chi connectivity index (χ0v) is 28.2. The van der Waals surface area contributed by atoms with Crippen molar-refractivity contribution in [2.75, 3.05) is 61.2 Å². The van der Waals surface area contributed by atoms with Gasteiger partial charge < -0.3 is 29.9 Å². The van der Waals surface area contributed by atoms with Crippen LogP contribution < -0.4 is 20.4 Å². The lowest BCUT2D eigenvalue weighted by atomic mass is 9.73. The summed E-state index contributed by atoms with van der Waals surface area (Å²) in [6.07, 6.45) is 6.98. The van der Waals surface area contributed by atoms with E-state index in [2.05, 4.69) is 25.5 Å². The van der Waals surface area contributed by atoms with Gasteiger partial charge >= 0.3 is 0 Å². The van der Waals surface area contributed by atoms with Crippen LogP contribution in [0.1, 0.15) is 60.8 Å². The minimum Gasteiger partial charge on any atom is -0.381 e. The topological polar surface area (TPSA) is 126 Å². The molecular formula is C37H38N6O5S. The number of hydrogen-bond acceptors (Lipinski definition) is 9. The molecule has 12 heteroatoms. The number of carbonyl (C=O) groups excluding carboxylic acids is 3. The first-order valence-electron chi connectivity index (χ1n) is 16.9. The number of fused-ring (bicyclic) bond motifs is 3. The Bertz CT molecular complexity index is 1910. The van der Waals surface area contributed by atoms with Crippen molar-refractivity contribution in [3.63, 3.8) is 0 Å². The average Bonchev–Trinajstić information content (AvgIpc) is 3.75. The highest BCUT2D eigenvalue weighted by Crippen LogP contribution is 2.43. The van der Waals surface area contributed by atoms with E-state index in [9.17, 15) is 14.4 Å². The fraction of sp³-hybridized carbons (Fsp3) is 0.378. The second-order valence-corrected chi connectivity index (χ2v) is 14.5. The zero-order valence-electron chi connectivity index (χ0n) is 27.4. The van der Waals surface area contributed by atoms with Crippen LogP contribution in [0.5, 0.6) is 0 Å². The summed E-state index contributed by atoms with van der Waals surface area (Å²) in [6, 6.07) is 14.6. The van der Waals surface area contributed by atoms with Crippen LogP contribution in [0.3, 0.4) is 0 Å². The number of pyridine rings is 2. The van der Waals surface area contributed by atoms with Crippen LogP contribution in [-0.2, 0) is 15.9 Å². The van der Waals surface area contributed by atoms with E-state index in [4.69, 9.17) is 9.47 Å². The summed E-state index contributed by atoms with van der Waals surface area (Å²) >= 11 is 1.41. The van der Waals surface area contributed by atoms with E-state index in [1.807, 2.05) is 31.2 Å². The van der Waals surface area contributed by atoms with Crippen LogP contribution in [0.4, 0.5) is 17.2 Å². The van der Waals surface area contributed by atoms with Gasteiger partial charge in [-0.05, 0) is 92.3 Å². The van der Waals surface area contributed by atoms with Crippen molar-refractivity contribution in [1.82, 2.24) is 15.3 Å². The number of aromatic nitrogens is 2. The lowest BCUT2D eigenvalue weighted by Gasteiger charge is -2.53. The van der Waals surface area contributed by atoms with Gasteiger partial charge in [-0.2, -0.15) is 0 Å². The molecule has 1 spiro atoms. The van der Waals surface area contributed by atoms with Crippen LogP contribution in [-0.4, -0.2) is 79.8 Å². The monoisotopic (exact) mass is 678 g/mol. The third-order valence-corrected chi connectivity index (χ3v) is 11.2. The first kappa shape index (κ1) is 31.6. The van der Waals surface area contributed by atoms with E-state index in [1.165, 1.54) is 11.3 Å². The SMILES string of the molecule is Cc1cnc(N2CC3(CCOCC3)C2)c(C(=O)Nc2ccc(C(=O)N3CCc4cc(C(=O)N[C@@H]5CCOC5)sc4-c4ncccc43)cc2)c1. The third-order valence-electron chi connectivity index (χ3n) is 9.98. The maximum absolute atomic E-state index is 14.0. The van der Waals surface area contributed by atoms with Crippen molar-refractivity contribution in [1.29, 1.82) is 0 Å². The number of rotatable bonds is 6.